The van der Waals surface area contributed by atoms with Gasteiger partial charge in [0.2, 0.25) is 0 Å². The Bertz CT molecular complexity index is 1320. The predicted octanol–water partition coefficient (Wildman–Crippen LogP) is 3.80. The van der Waals surface area contributed by atoms with Gasteiger partial charge in [-0.05, 0) is 23.3 Å². The molecule has 0 saturated heterocycles. The first-order valence-electron chi connectivity index (χ1n) is 10.0. The molecule has 0 atom stereocenters. The SMILES string of the molecule is O=C(NCc1ccccc1)c1c(-c2ccc3[nH]ncc3c2)nnn1Cc1ccccc1. The normalized spacial score (nSPS) is 11.0. The van der Waals surface area contributed by atoms with Crippen LogP contribution in [0.2, 0.25) is 0 Å². The Morgan fingerprint density at radius 1 is 0.935 bits per heavy atom. The summed E-state index contributed by atoms with van der Waals surface area (Å²) >= 11 is 0. The maximum atomic E-state index is 13.3. The molecule has 0 fully saturated rings. The number of fused-ring (bicyclic) bond motifs is 1. The van der Waals surface area contributed by atoms with Crippen LogP contribution in [0.3, 0.4) is 0 Å². The van der Waals surface area contributed by atoms with Crippen LogP contribution in [0.4, 0.5) is 0 Å². The summed E-state index contributed by atoms with van der Waals surface area (Å²) in [5, 5.41) is 19.7. The smallest absolute Gasteiger partial charge is 0.272 e. The summed E-state index contributed by atoms with van der Waals surface area (Å²) in [6.07, 6.45) is 1.75. The first kappa shape index (κ1) is 18.7. The van der Waals surface area contributed by atoms with Gasteiger partial charge in [0.15, 0.2) is 5.69 Å². The number of nitrogens with zero attached hydrogens (tertiary/aromatic N) is 4. The van der Waals surface area contributed by atoms with Crippen LogP contribution in [-0.4, -0.2) is 31.1 Å². The van der Waals surface area contributed by atoms with Gasteiger partial charge in [-0.15, -0.1) is 5.10 Å². The highest BCUT2D eigenvalue weighted by Crippen LogP contribution is 2.25. The van der Waals surface area contributed by atoms with E-state index in [1.165, 1.54) is 0 Å². The van der Waals surface area contributed by atoms with Gasteiger partial charge in [0, 0.05) is 17.5 Å². The molecule has 2 aromatic heterocycles. The van der Waals surface area contributed by atoms with Crippen molar-refractivity contribution in [1.29, 1.82) is 0 Å². The summed E-state index contributed by atoms with van der Waals surface area (Å²) in [5.41, 5.74) is 4.79. The molecule has 5 aromatic rings. The second kappa shape index (κ2) is 8.23. The molecule has 152 valence electrons. The molecule has 1 amide bonds. The second-order valence-electron chi connectivity index (χ2n) is 7.27. The number of aromatic nitrogens is 5. The minimum absolute atomic E-state index is 0.216. The molecule has 2 heterocycles. The molecular weight excluding hydrogens is 388 g/mol. The largest absolute Gasteiger partial charge is 0.347 e. The molecule has 0 aliphatic carbocycles. The summed E-state index contributed by atoms with van der Waals surface area (Å²) in [7, 11) is 0. The van der Waals surface area contributed by atoms with Gasteiger partial charge in [-0.2, -0.15) is 5.10 Å². The van der Waals surface area contributed by atoms with E-state index in [2.05, 4.69) is 25.8 Å². The van der Waals surface area contributed by atoms with E-state index in [0.717, 1.165) is 27.6 Å². The van der Waals surface area contributed by atoms with Crippen LogP contribution in [0, 0.1) is 0 Å². The Morgan fingerprint density at radius 2 is 1.68 bits per heavy atom. The first-order chi connectivity index (χ1) is 15.3. The highest BCUT2D eigenvalue weighted by molar-refractivity contribution is 5.99. The third kappa shape index (κ3) is 3.93. The number of amides is 1. The lowest BCUT2D eigenvalue weighted by Crippen LogP contribution is -2.26. The maximum Gasteiger partial charge on any atom is 0.272 e. The molecule has 0 aliphatic rings. The highest BCUT2D eigenvalue weighted by atomic mass is 16.2. The second-order valence-corrected chi connectivity index (χ2v) is 7.27. The van der Waals surface area contributed by atoms with Crippen molar-refractivity contribution in [3.05, 3.63) is 102 Å². The van der Waals surface area contributed by atoms with Crippen molar-refractivity contribution < 1.29 is 4.79 Å². The lowest BCUT2D eigenvalue weighted by atomic mass is 10.1. The number of nitrogens with one attached hydrogen (secondary N) is 2. The molecule has 7 nitrogen and oxygen atoms in total. The molecule has 0 bridgehead atoms. The van der Waals surface area contributed by atoms with Gasteiger partial charge in [-0.1, -0.05) is 71.9 Å². The van der Waals surface area contributed by atoms with Gasteiger partial charge in [-0.25, -0.2) is 4.68 Å². The van der Waals surface area contributed by atoms with Crippen LogP contribution in [0.1, 0.15) is 21.6 Å². The molecule has 0 aliphatic heterocycles. The molecule has 0 radical (unpaired) electrons. The zero-order valence-corrected chi connectivity index (χ0v) is 16.7. The number of rotatable bonds is 6. The lowest BCUT2D eigenvalue weighted by Gasteiger charge is -2.10. The quantitative estimate of drug-likeness (QED) is 0.447. The number of H-pyrrole nitrogens is 1. The van der Waals surface area contributed by atoms with E-state index in [9.17, 15) is 4.79 Å². The van der Waals surface area contributed by atoms with Crippen LogP contribution in [0.25, 0.3) is 22.2 Å². The van der Waals surface area contributed by atoms with E-state index in [0.29, 0.717) is 24.5 Å². The van der Waals surface area contributed by atoms with Crippen LogP contribution in [0.15, 0.2) is 85.1 Å². The number of aromatic amines is 1. The number of carbonyl (C=O) groups is 1. The van der Waals surface area contributed by atoms with Gasteiger partial charge < -0.3 is 5.32 Å². The standard InChI is InChI=1S/C24H20N6O/c31-24(25-14-17-7-3-1-4-8-17)23-22(19-11-12-21-20(13-19)15-26-27-21)28-29-30(23)16-18-9-5-2-6-10-18/h1-13,15H,14,16H2,(H,25,31)(H,26,27). The van der Waals surface area contributed by atoms with Gasteiger partial charge in [0.1, 0.15) is 5.69 Å². The van der Waals surface area contributed by atoms with E-state index < -0.39 is 0 Å². The Kier molecular flexibility index (Phi) is 4.98. The van der Waals surface area contributed by atoms with E-state index in [4.69, 9.17) is 0 Å². The van der Waals surface area contributed by atoms with E-state index in [-0.39, 0.29) is 5.91 Å². The van der Waals surface area contributed by atoms with Crippen molar-refractivity contribution in [1.82, 2.24) is 30.5 Å². The molecule has 0 spiro atoms. The number of hydrogen-bond donors (Lipinski definition) is 2. The third-order valence-corrected chi connectivity index (χ3v) is 5.13. The van der Waals surface area contributed by atoms with Crippen LogP contribution in [-0.2, 0) is 13.1 Å². The fraction of sp³-hybridized carbons (Fsp3) is 0.0833. The Labute approximate surface area is 178 Å². The molecular formula is C24H20N6O. The zero-order valence-electron chi connectivity index (χ0n) is 16.7. The number of hydrogen-bond acceptors (Lipinski definition) is 4. The third-order valence-electron chi connectivity index (χ3n) is 5.13. The summed E-state index contributed by atoms with van der Waals surface area (Å²) in [6.45, 7) is 0.881. The fourth-order valence-corrected chi connectivity index (χ4v) is 3.55. The molecule has 31 heavy (non-hydrogen) atoms. The molecule has 2 N–H and O–H groups in total. The van der Waals surface area contributed by atoms with Gasteiger partial charge >= 0.3 is 0 Å². The highest BCUT2D eigenvalue weighted by Gasteiger charge is 2.22. The van der Waals surface area contributed by atoms with Crippen LogP contribution < -0.4 is 5.32 Å². The van der Waals surface area contributed by atoms with Crippen molar-refractivity contribution in [2.45, 2.75) is 13.1 Å². The van der Waals surface area contributed by atoms with Gasteiger partial charge in [0.25, 0.3) is 5.91 Å². The average Bonchev–Trinajstić information content (AvgIpc) is 3.45. The Balaban J connectivity index is 1.51. The number of carbonyl (C=O) groups excluding carboxylic acids is 1. The fourth-order valence-electron chi connectivity index (χ4n) is 3.55. The minimum atomic E-state index is -0.216. The van der Waals surface area contributed by atoms with Crippen molar-refractivity contribution in [2.24, 2.45) is 0 Å². The molecule has 0 unspecified atom stereocenters. The van der Waals surface area contributed by atoms with Crippen molar-refractivity contribution in [3.63, 3.8) is 0 Å². The Hall–Kier alpha value is -4.26. The van der Waals surface area contributed by atoms with E-state index >= 15 is 0 Å². The maximum absolute atomic E-state index is 13.3. The van der Waals surface area contributed by atoms with E-state index in [1.807, 2.05) is 78.9 Å². The van der Waals surface area contributed by atoms with Gasteiger partial charge in [-0.3, -0.25) is 9.89 Å². The topological polar surface area (TPSA) is 88.5 Å². The average molecular weight is 408 g/mol. The molecule has 3 aromatic carbocycles. The zero-order chi connectivity index (χ0) is 21.0. The lowest BCUT2D eigenvalue weighted by molar-refractivity contribution is 0.0941. The minimum Gasteiger partial charge on any atom is -0.347 e. The van der Waals surface area contributed by atoms with Gasteiger partial charge in [0.05, 0.1) is 18.3 Å². The Morgan fingerprint density at radius 3 is 2.45 bits per heavy atom. The summed E-state index contributed by atoms with van der Waals surface area (Å²) in [4.78, 5) is 13.3. The first-order valence-corrected chi connectivity index (χ1v) is 10.0. The summed E-state index contributed by atoms with van der Waals surface area (Å²) in [5.74, 6) is -0.216. The predicted molar refractivity (Wildman–Crippen MR) is 118 cm³/mol. The summed E-state index contributed by atoms with van der Waals surface area (Å²) < 4.78 is 1.66. The molecule has 0 saturated carbocycles. The molecule has 7 heteroatoms. The van der Waals surface area contributed by atoms with E-state index in [1.54, 1.807) is 10.9 Å². The molecule has 5 rings (SSSR count). The van der Waals surface area contributed by atoms with Crippen molar-refractivity contribution >= 4 is 16.8 Å². The van der Waals surface area contributed by atoms with Crippen LogP contribution >= 0.6 is 0 Å². The monoisotopic (exact) mass is 408 g/mol. The van der Waals surface area contributed by atoms with Crippen molar-refractivity contribution in [3.8, 4) is 11.3 Å². The summed E-state index contributed by atoms with van der Waals surface area (Å²) in [6, 6.07) is 25.5. The number of benzene rings is 3. The van der Waals surface area contributed by atoms with Crippen LogP contribution in [0.5, 0.6) is 0 Å². The van der Waals surface area contributed by atoms with Crippen molar-refractivity contribution in [2.75, 3.05) is 0 Å².